The third kappa shape index (κ3) is 5.55. The molecule has 0 unspecified atom stereocenters. The first-order chi connectivity index (χ1) is 14.1. The van der Waals surface area contributed by atoms with Crippen LogP contribution in [0.2, 0.25) is 0 Å². The molecule has 0 spiro atoms. The van der Waals surface area contributed by atoms with Crippen molar-refractivity contribution in [3.8, 4) is 5.75 Å². The zero-order valence-electron chi connectivity index (χ0n) is 17.0. The van der Waals surface area contributed by atoms with Crippen LogP contribution in [0.4, 0.5) is 0 Å². The van der Waals surface area contributed by atoms with Crippen LogP contribution >= 0.6 is 0 Å². The molecule has 5 nitrogen and oxygen atoms in total. The van der Waals surface area contributed by atoms with Gasteiger partial charge in [-0.25, -0.2) is 0 Å². The van der Waals surface area contributed by atoms with Crippen LogP contribution in [0.25, 0.3) is 0 Å². The lowest BCUT2D eigenvalue weighted by molar-refractivity contribution is -0.137. The minimum atomic E-state index is -0.102. The summed E-state index contributed by atoms with van der Waals surface area (Å²) < 4.78 is 11.9. The second-order valence-corrected chi connectivity index (χ2v) is 7.35. The molecule has 0 N–H and O–H groups in total. The number of para-hydroxylation sites is 1. The second kappa shape index (κ2) is 10.0. The van der Waals surface area contributed by atoms with Gasteiger partial charge >= 0.3 is 0 Å². The molecule has 0 fully saturated rings. The number of ketones is 1. The molecule has 2 aromatic rings. The van der Waals surface area contributed by atoms with E-state index in [0.29, 0.717) is 30.8 Å². The Hall–Kier alpha value is -2.92. The van der Waals surface area contributed by atoms with Crippen molar-refractivity contribution in [2.24, 2.45) is 5.92 Å². The molecule has 3 rings (SSSR count). The van der Waals surface area contributed by atoms with Crippen molar-refractivity contribution < 1.29 is 19.1 Å². The van der Waals surface area contributed by atoms with Gasteiger partial charge in [0.25, 0.3) is 0 Å². The Kier molecular flexibility index (Phi) is 7.19. The van der Waals surface area contributed by atoms with E-state index in [1.807, 2.05) is 74.5 Å². The summed E-state index contributed by atoms with van der Waals surface area (Å²) in [5.41, 5.74) is 1.55. The third-order valence-corrected chi connectivity index (χ3v) is 4.74. The van der Waals surface area contributed by atoms with E-state index in [4.69, 9.17) is 9.47 Å². The summed E-state index contributed by atoms with van der Waals surface area (Å²) in [6, 6.07) is 19.0. The molecule has 0 saturated carbocycles. The standard InChI is InChI=1S/C24H27NO4/c1-18(2)23-21(26)14-9-15-22(27)25(17-28-16-19-10-5-3-6-11-19)24(23)29-20-12-7-4-8-13-20/h3-8,10-13,18H,9,14-17H2,1-2H3/b24-23+. The van der Waals surface area contributed by atoms with Gasteiger partial charge in [0, 0.05) is 12.8 Å². The smallest absolute Gasteiger partial charge is 0.231 e. The van der Waals surface area contributed by atoms with Gasteiger partial charge in [-0.3, -0.25) is 14.5 Å². The van der Waals surface area contributed by atoms with Crippen molar-refractivity contribution in [1.82, 2.24) is 4.90 Å². The molecule has 1 aliphatic heterocycles. The molecule has 29 heavy (non-hydrogen) atoms. The fourth-order valence-corrected chi connectivity index (χ4v) is 3.29. The van der Waals surface area contributed by atoms with E-state index in [0.717, 1.165) is 5.56 Å². The summed E-state index contributed by atoms with van der Waals surface area (Å²) in [6.45, 7) is 4.28. The third-order valence-electron chi connectivity index (χ3n) is 4.74. The highest BCUT2D eigenvalue weighted by atomic mass is 16.5. The van der Waals surface area contributed by atoms with Crippen LogP contribution in [-0.4, -0.2) is 23.3 Å². The number of carbonyl (C=O) groups excluding carboxylic acids is 2. The van der Waals surface area contributed by atoms with E-state index in [1.54, 1.807) is 0 Å². The summed E-state index contributed by atoms with van der Waals surface area (Å²) in [4.78, 5) is 27.2. The van der Waals surface area contributed by atoms with Gasteiger partial charge in [-0.2, -0.15) is 0 Å². The van der Waals surface area contributed by atoms with E-state index in [-0.39, 0.29) is 36.6 Å². The monoisotopic (exact) mass is 393 g/mol. The first kappa shape index (κ1) is 20.8. The maximum atomic E-state index is 12.9. The molecule has 1 aliphatic rings. The summed E-state index contributed by atoms with van der Waals surface area (Å²) in [6.07, 6.45) is 1.16. The molecule has 0 bridgehead atoms. The molecule has 0 aromatic heterocycles. The van der Waals surface area contributed by atoms with Crippen LogP contribution in [0.3, 0.4) is 0 Å². The van der Waals surface area contributed by atoms with E-state index in [9.17, 15) is 9.59 Å². The number of ether oxygens (including phenoxy) is 2. The number of rotatable bonds is 7. The number of nitrogens with zero attached hydrogens (tertiary/aromatic N) is 1. The Morgan fingerprint density at radius 1 is 0.931 bits per heavy atom. The number of hydrogen-bond acceptors (Lipinski definition) is 4. The quantitative estimate of drug-likeness (QED) is 0.685. The molecular weight excluding hydrogens is 366 g/mol. The Bertz CT molecular complexity index is 859. The molecule has 1 heterocycles. The average molecular weight is 393 g/mol. The van der Waals surface area contributed by atoms with Crippen molar-refractivity contribution in [3.63, 3.8) is 0 Å². The predicted octanol–water partition coefficient (Wildman–Crippen LogP) is 4.69. The van der Waals surface area contributed by atoms with Crippen LogP contribution in [0, 0.1) is 5.92 Å². The highest BCUT2D eigenvalue weighted by Gasteiger charge is 2.31. The topological polar surface area (TPSA) is 55.8 Å². The average Bonchev–Trinajstić information content (AvgIpc) is 2.71. The lowest BCUT2D eigenvalue weighted by atomic mass is 9.94. The summed E-state index contributed by atoms with van der Waals surface area (Å²) in [5, 5.41) is 0. The van der Waals surface area contributed by atoms with Crippen LogP contribution in [-0.2, 0) is 20.9 Å². The van der Waals surface area contributed by atoms with Gasteiger partial charge in [0.1, 0.15) is 12.5 Å². The molecule has 0 radical (unpaired) electrons. The minimum absolute atomic E-state index is 0.0199. The van der Waals surface area contributed by atoms with Crippen LogP contribution in [0.5, 0.6) is 5.75 Å². The molecule has 152 valence electrons. The summed E-state index contributed by atoms with van der Waals surface area (Å²) in [7, 11) is 0. The largest absolute Gasteiger partial charge is 0.440 e. The van der Waals surface area contributed by atoms with Gasteiger partial charge < -0.3 is 9.47 Å². The SMILES string of the molecule is CC(C)/C1=C(\Oc2ccccc2)N(COCc2ccccc2)C(=O)CCCC1=O. The minimum Gasteiger partial charge on any atom is -0.440 e. The molecule has 5 heteroatoms. The number of Topliss-reactive ketones (excluding diaryl/α,β-unsaturated/α-hetero) is 1. The second-order valence-electron chi connectivity index (χ2n) is 7.35. The highest BCUT2D eigenvalue weighted by Crippen LogP contribution is 2.28. The Morgan fingerprint density at radius 3 is 2.24 bits per heavy atom. The van der Waals surface area contributed by atoms with Gasteiger partial charge in [-0.05, 0) is 30.0 Å². The van der Waals surface area contributed by atoms with Gasteiger partial charge in [0.05, 0.1) is 12.2 Å². The normalized spacial score (nSPS) is 18.0. The number of hydrogen-bond donors (Lipinski definition) is 0. The number of amides is 1. The molecule has 1 amide bonds. The first-order valence-corrected chi connectivity index (χ1v) is 9.98. The predicted molar refractivity (Wildman–Crippen MR) is 111 cm³/mol. The lowest BCUT2D eigenvalue weighted by Gasteiger charge is -2.30. The Morgan fingerprint density at radius 2 is 1.59 bits per heavy atom. The molecule has 2 aromatic carbocycles. The molecular formula is C24H27NO4. The van der Waals surface area contributed by atoms with E-state index < -0.39 is 0 Å². The van der Waals surface area contributed by atoms with Crippen LogP contribution < -0.4 is 4.74 Å². The van der Waals surface area contributed by atoms with Gasteiger partial charge in [0.2, 0.25) is 11.8 Å². The molecule has 0 saturated heterocycles. The van der Waals surface area contributed by atoms with Gasteiger partial charge in [0.15, 0.2) is 5.78 Å². The van der Waals surface area contributed by atoms with Crippen molar-refractivity contribution in [2.45, 2.75) is 39.7 Å². The van der Waals surface area contributed by atoms with Crippen LogP contribution in [0.15, 0.2) is 72.1 Å². The zero-order chi connectivity index (χ0) is 20.6. The van der Waals surface area contributed by atoms with Crippen molar-refractivity contribution in [2.75, 3.05) is 6.73 Å². The zero-order valence-corrected chi connectivity index (χ0v) is 17.0. The molecule has 0 aliphatic carbocycles. The van der Waals surface area contributed by atoms with Crippen molar-refractivity contribution in [1.29, 1.82) is 0 Å². The number of allylic oxidation sites excluding steroid dienone is 1. The fourth-order valence-electron chi connectivity index (χ4n) is 3.29. The Labute approximate surface area is 171 Å². The highest BCUT2D eigenvalue weighted by molar-refractivity contribution is 5.97. The van der Waals surface area contributed by atoms with Gasteiger partial charge in [-0.15, -0.1) is 0 Å². The van der Waals surface area contributed by atoms with Crippen molar-refractivity contribution >= 4 is 11.7 Å². The van der Waals surface area contributed by atoms with Gasteiger partial charge in [-0.1, -0.05) is 62.4 Å². The van der Waals surface area contributed by atoms with E-state index >= 15 is 0 Å². The number of carbonyl (C=O) groups is 2. The summed E-state index contributed by atoms with van der Waals surface area (Å²) in [5.74, 6) is 0.703. The maximum Gasteiger partial charge on any atom is 0.231 e. The maximum absolute atomic E-state index is 12.9. The first-order valence-electron chi connectivity index (χ1n) is 9.98. The fraction of sp³-hybridized carbons (Fsp3) is 0.333. The number of benzene rings is 2. The Balaban J connectivity index is 1.91. The van der Waals surface area contributed by atoms with E-state index in [1.165, 1.54) is 4.90 Å². The summed E-state index contributed by atoms with van der Waals surface area (Å²) >= 11 is 0. The van der Waals surface area contributed by atoms with Crippen molar-refractivity contribution in [3.05, 3.63) is 77.7 Å². The lowest BCUT2D eigenvalue weighted by Crippen LogP contribution is -2.38. The molecule has 0 atom stereocenters. The van der Waals surface area contributed by atoms with Crippen LogP contribution in [0.1, 0.15) is 38.7 Å². The van der Waals surface area contributed by atoms with E-state index in [2.05, 4.69) is 0 Å².